The van der Waals surface area contributed by atoms with Crippen LogP contribution >= 0.6 is 136 Å². The SMILES string of the molecule is CN(CC(O)CN(CCO)C(=O)c1c(I)c(NC(=O)CO)c(I)c(C(=O)CCC(O)CO)c1I)C(=O)c1c(I)c(NC(=O)CO)c(I)c(C(=O)CCC(O)CO)c1I. The molecule has 58 heavy (non-hydrogen) atoms. The Labute approximate surface area is 414 Å². The van der Waals surface area contributed by atoms with Crippen LogP contribution in [0.1, 0.15) is 67.1 Å². The van der Waals surface area contributed by atoms with E-state index in [2.05, 4.69) is 10.6 Å². The highest BCUT2D eigenvalue weighted by Gasteiger charge is 2.33. The Hall–Kier alpha value is -0.280. The fraction of sp³-hybridized carbons (Fsp3) is 0.471. The van der Waals surface area contributed by atoms with Crippen LogP contribution in [0.3, 0.4) is 0 Å². The van der Waals surface area contributed by atoms with Gasteiger partial charge < -0.3 is 61.3 Å². The quantitative estimate of drug-likeness (QED) is 0.0589. The number of aliphatic hydroxyl groups excluding tert-OH is 8. The lowest BCUT2D eigenvalue weighted by atomic mass is 10.00. The molecule has 10 N–H and O–H groups in total. The lowest BCUT2D eigenvalue weighted by molar-refractivity contribution is -0.119. The van der Waals surface area contributed by atoms with Crippen LogP contribution in [0, 0.1) is 21.4 Å². The van der Waals surface area contributed by atoms with E-state index in [1.165, 1.54) is 7.05 Å². The van der Waals surface area contributed by atoms with Gasteiger partial charge in [-0.2, -0.15) is 0 Å². The van der Waals surface area contributed by atoms with Gasteiger partial charge in [0.2, 0.25) is 11.8 Å². The molecule has 0 aromatic heterocycles. The number of amides is 4. The fourth-order valence-electron chi connectivity index (χ4n) is 5.26. The van der Waals surface area contributed by atoms with Gasteiger partial charge in [-0.3, -0.25) is 28.8 Å². The highest BCUT2D eigenvalue weighted by molar-refractivity contribution is 14.1. The third-order valence-corrected chi connectivity index (χ3v) is 14.7. The summed E-state index contributed by atoms with van der Waals surface area (Å²) in [7, 11) is 1.35. The summed E-state index contributed by atoms with van der Waals surface area (Å²) in [5.41, 5.74) is 0.0943. The van der Waals surface area contributed by atoms with Gasteiger partial charge in [0.15, 0.2) is 11.6 Å². The number of Topliss-reactive ketones (excluding diaryl/α,β-unsaturated/α-hetero) is 2. The summed E-state index contributed by atoms with van der Waals surface area (Å²) in [5, 5.41) is 83.3. The van der Waals surface area contributed by atoms with Gasteiger partial charge in [0.1, 0.15) is 13.2 Å². The van der Waals surface area contributed by atoms with Crippen molar-refractivity contribution in [2.45, 2.75) is 44.0 Å². The van der Waals surface area contributed by atoms with E-state index in [4.69, 9.17) is 0 Å². The molecule has 3 atom stereocenters. The normalized spacial score (nSPS) is 12.7. The molecule has 0 aliphatic heterocycles. The molecule has 0 spiro atoms. The van der Waals surface area contributed by atoms with Gasteiger partial charge in [-0.15, -0.1) is 0 Å². The largest absolute Gasteiger partial charge is 0.395 e. The summed E-state index contributed by atoms with van der Waals surface area (Å²) in [6.07, 6.45) is -4.44. The van der Waals surface area contributed by atoms with Crippen molar-refractivity contribution in [1.82, 2.24) is 9.80 Å². The molecule has 0 heterocycles. The average molecular weight is 1490 g/mol. The summed E-state index contributed by atoms with van der Waals surface area (Å²) in [6, 6.07) is 0. The minimum absolute atomic E-state index is 0.0249. The Bertz CT molecular complexity index is 1890. The van der Waals surface area contributed by atoms with Crippen LogP contribution in [0.4, 0.5) is 11.4 Å². The zero-order chi connectivity index (χ0) is 44.2. The molecule has 0 radical (unpaired) electrons. The van der Waals surface area contributed by atoms with Gasteiger partial charge in [0, 0.05) is 64.9 Å². The van der Waals surface area contributed by atoms with Gasteiger partial charge in [-0.1, -0.05) is 0 Å². The molecule has 0 bridgehead atoms. The molecule has 2 rings (SSSR count). The van der Waals surface area contributed by atoms with E-state index in [0.717, 1.165) is 9.80 Å². The third kappa shape index (κ3) is 14.1. The number of nitrogens with zero attached hydrogens (tertiary/aromatic N) is 2. The Morgan fingerprint density at radius 1 is 0.552 bits per heavy atom. The van der Waals surface area contributed by atoms with Crippen molar-refractivity contribution in [3.63, 3.8) is 0 Å². The zero-order valence-electron chi connectivity index (χ0n) is 30.4. The van der Waals surface area contributed by atoms with Gasteiger partial charge >= 0.3 is 0 Å². The lowest BCUT2D eigenvalue weighted by Gasteiger charge is -2.29. The van der Waals surface area contributed by atoms with Crippen molar-refractivity contribution in [2.75, 3.05) is 70.3 Å². The second kappa shape index (κ2) is 25.7. The highest BCUT2D eigenvalue weighted by atomic mass is 127. The molecule has 0 saturated heterocycles. The predicted octanol–water partition coefficient (Wildman–Crippen LogP) is 1.38. The van der Waals surface area contributed by atoms with Gasteiger partial charge in [-0.25, -0.2) is 0 Å². The number of rotatable bonds is 22. The zero-order valence-corrected chi connectivity index (χ0v) is 43.4. The molecule has 24 heteroatoms. The van der Waals surface area contributed by atoms with E-state index in [0.29, 0.717) is 0 Å². The van der Waals surface area contributed by atoms with Crippen LogP contribution in [0.25, 0.3) is 0 Å². The lowest BCUT2D eigenvalue weighted by Crippen LogP contribution is -2.45. The van der Waals surface area contributed by atoms with Crippen molar-refractivity contribution in [1.29, 1.82) is 0 Å². The summed E-state index contributed by atoms with van der Waals surface area (Å²) in [5.74, 6) is -4.15. The van der Waals surface area contributed by atoms with Crippen LogP contribution in [0.5, 0.6) is 0 Å². The van der Waals surface area contributed by atoms with Crippen LogP contribution in [0.2, 0.25) is 0 Å². The van der Waals surface area contributed by atoms with Gasteiger partial charge in [0.05, 0.1) is 67.8 Å². The number of nitrogens with one attached hydrogen (secondary N) is 2. The van der Waals surface area contributed by atoms with E-state index in [1.54, 1.807) is 45.2 Å². The number of aliphatic hydroxyl groups is 8. The van der Waals surface area contributed by atoms with Crippen LogP contribution in [-0.4, -0.2) is 164 Å². The first-order chi connectivity index (χ1) is 27.2. The van der Waals surface area contributed by atoms with E-state index in [-0.39, 0.29) is 87.3 Å². The molecule has 2 aromatic rings. The number of carbonyl (C=O) groups excluding carboxylic acids is 6. The van der Waals surface area contributed by atoms with E-state index >= 15 is 0 Å². The maximum Gasteiger partial charge on any atom is 0.256 e. The molecule has 0 fully saturated rings. The molecular weight excluding hydrogens is 1450 g/mol. The topological polar surface area (TPSA) is 295 Å². The second-order valence-electron chi connectivity index (χ2n) is 12.5. The smallest absolute Gasteiger partial charge is 0.256 e. The van der Waals surface area contributed by atoms with Crippen molar-refractivity contribution >= 4 is 182 Å². The average Bonchev–Trinajstić information content (AvgIpc) is 3.18. The monoisotopic (exact) mass is 1490 g/mol. The first-order valence-electron chi connectivity index (χ1n) is 16.9. The summed E-state index contributed by atoms with van der Waals surface area (Å²) >= 11 is 10.9. The van der Waals surface area contributed by atoms with E-state index < -0.39 is 99.6 Å². The van der Waals surface area contributed by atoms with E-state index in [1.807, 2.05) is 90.4 Å². The first kappa shape index (κ1) is 53.9. The number of carbonyl (C=O) groups is 6. The summed E-state index contributed by atoms with van der Waals surface area (Å²) in [4.78, 5) is 82.1. The number of halogens is 6. The maximum atomic E-state index is 14.3. The minimum Gasteiger partial charge on any atom is -0.395 e. The van der Waals surface area contributed by atoms with Gasteiger partial charge in [-0.05, 0) is 148 Å². The molecule has 0 saturated carbocycles. The molecule has 0 aliphatic rings. The number of hydrogen-bond acceptors (Lipinski definition) is 14. The Morgan fingerprint density at radius 3 is 1.29 bits per heavy atom. The van der Waals surface area contributed by atoms with Crippen LogP contribution in [-0.2, 0) is 9.59 Å². The minimum atomic E-state index is -1.45. The number of benzene rings is 2. The highest BCUT2D eigenvalue weighted by Crippen LogP contribution is 2.39. The standard InChI is InChI=1S/C34H40I6N4O14/c1-43(33(57)23-25(35)21(17(53)4-2-14(50)10-46)27(37)31(29(23)39)41-19(55)12-48)8-16(52)9-44(6-7-45)34(58)24-26(36)22(18(54)5-3-15(51)11-47)28(38)32(30(24)40)42-20(56)13-49/h14-16,45-52H,2-13H2,1H3,(H,41,55)(H,42,56). The summed E-state index contributed by atoms with van der Waals surface area (Å²) in [6.45, 7) is -4.68. The first-order valence-corrected chi connectivity index (χ1v) is 23.4. The number of ketones is 2. The number of hydrogen-bond donors (Lipinski definition) is 10. The second-order valence-corrected chi connectivity index (χ2v) is 18.9. The molecule has 322 valence electrons. The molecule has 18 nitrogen and oxygen atoms in total. The van der Waals surface area contributed by atoms with Crippen molar-refractivity contribution in [3.05, 3.63) is 43.7 Å². The van der Waals surface area contributed by atoms with Gasteiger partial charge in [0.25, 0.3) is 11.8 Å². The third-order valence-electron chi connectivity index (χ3n) is 8.19. The Morgan fingerprint density at radius 2 is 0.931 bits per heavy atom. The molecule has 4 amide bonds. The van der Waals surface area contributed by atoms with Crippen molar-refractivity contribution in [2.24, 2.45) is 0 Å². The van der Waals surface area contributed by atoms with Crippen LogP contribution < -0.4 is 10.6 Å². The number of likely N-dealkylation sites (N-methyl/N-ethyl adjacent to an activating group) is 1. The molecule has 2 aromatic carbocycles. The summed E-state index contributed by atoms with van der Waals surface area (Å²) < 4.78 is 1.26. The molecule has 0 aliphatic carbocycles. The van der Waals surface area contributed by atoms with Crippen molar-refractivity contribution in [3.8, 4) is 0 Å². The Balaban J connectivity index is 2.58. The van der Waals surface area contributed by atoms with E-state index in [9.17, 15) is 69.6 Å². The number of anilines is 2. The predicted molar refractivity (Wildman–Crippen MR) is 260 cm³/mol. The fourth-order valence-corrected chi connectivity index (χ4v) is 14.3. The van der Waals surface area contributed by atoms with Crippen LogP contribution in [0.15, 0.2) is 0 Å². The Kier molecular flexibility index (Phi) is 23.9. The molecular formula is C34H40I6N4O14. The molecule has 3 unspecified atom stereocenters. The maximum absolute atomic E-state index is 14.3. The van der Waals surface area contributed by atoms with Crippen molar-refractivity contribution < 1.29 is 69.6 Å².